The monoisotopic (exact) mass is 374 g/mol. The molecule has 0 bridgehead atoms. The molecular formula is C18H22N4OS2. The second-order valence-corrected chi connectivity index (χ2v) is 7.76. The lowest BCUT2D eigenvalue weighted by molar-refractivity contribution is 0.0926. The fourth-order valence-electron chi connectivity index (χ4n) is 2.94. The molecule has 0 aliphatic rings. The third-order valence-electron chi connectivity index (χ3n) is 4.19. The first-order chi connectivity index (χ1) is 12.0. The van der Waals surface area contributed by atoms with E-state index in [1.54, 1.807) is 27.4 Å². The van der Waals surface area contributed by atoms with E-state index in [1.807, 2.05) is 26.3 Å². The van der Waals surface area contributed by atoms with Gasteiger partial charge in [-0.05, 0) is 42.7 Å². The van der Waals surface area contributed by atoms with Crippen molar-refractivity contribution in [2.24, 2.45) is 7.05 Å². The van der Waals surface area contributed by atoms with Crippen molar-refractivity contribution in [3.63, 3.8) is 0 Å². The summed E-state index contributed by atoms with van der Waals surface area (Å²) in [5, 5.41) is 14.8. The largest absolute Gasteiger partial charge is 0.341 e. The lowest BCUT2D eigenvalue weighted by Crippen LogP contribution is -2.31. The molecule has 0 radical (unpaired) electrons. The number of amides is 1. The fourth-order valence-corrected chi connectivity index (χ4v) is 4.47. The van der Waals surface area contributed by atoms with E-state index in [0.717, 1.165) is 34.8 Å². The van der Waals surface area contributed by atoms with Gasteiger partial charge in [-0.15, -0.1) is 11.3 Å². The first-order valence-electron chi connectivity index (χ1n) is 8.26. The van der Waals surface area contributed by atoms with E-state index in [4.69, 9.17) is 0 Å². The molecular weight excluding hydrogens is 352 g/mol. The third-order valence-corrected chi connectivity index (χ3v) is 6.00. The van der Waals surface area contributed by atoms with Crippen molar-refractivity contribution in [2.45, 2.75) is 39.7 Å². The molecule has 0 saturated heterocycles. The summed E-state index contributed by atoms with van der Waals surface area (Å²) in [5.41, 5.74) is 4.73. The van der Waals surface area contributed by atoms with E-state index in [9.17, 15) is 4.79 Å². The molecule has 3 aromatic heterocycles. The number of thiophene rings is 1. The topological polar surface area (TPSA) is 59.8 Å². The smallest absolute Gasteiger partial charge is 0.270 e. The summed E-state index contributed by atoms with van der Waals surface area (Å²) in [7, 11) is 1.82. The molecule has 1 atom stereocenters. The SMILES string of the molecule is CCc1nn(C)c(C(=O)NC(Cc2ccsc2)c2nc(C)cs2)c1C. The van der Waals surface area contributed by atoms with Crippen LogP contribution in [0, 0.1) is 13.8 Å². The van der Waals surface area contributed by atoms with Crippen LogP contribution in [-0.4, -0.2) is 20.7 Å². The Hall–Kier alpha value is -1.99. The normalized spacial score (nSPS) is 12.3. The van der Waals surface area contributed by atoms with Crippen LogP contribution in [0.15, 0.2) is 22.2 Å². The average Bonchev–Trinajstić information content (AvgIpc) is 3.28. The van der Waals surface area contributed by atoms with Gasteiger partial charge in [0.1, 0.15) is 10.7 Å². The van der Waals surface area contributed by atoms with Crippen LogP contribution >= 0.6 is 22.7 Å². The Morgan fingerprint density at radius 1 is 1.36 bits per heavy atom. The molecule has 1 amide bonds. The van der Waals surface area contributed by atoms with Gasteiger partial charge in [0, 0.05) is 30.1 Å². The van der Waals surface area contributed by atoms with E-state index in [-0.39, 0.29) is 11.9 Å². The third kappa shape index (κ3) is 3.82. The number of hydrogen-bond acceptors (Lipinski definition) is 5. The Kier molecular flexibility index (Phi) is 5.34. The van der Waals surface area contributed by atoms with E-state index in [1.165, 1.54) is 5.56 Å². The first kappa shape index (κ1) is 17.8. The molecule has 3 heterocycles. The molecule has 1 N–H and O–H groups in total. The second kappa shape index (κ2) is 7.49. The highest BCUT2D eigenvalue weighted by molar-refractivity contribution is 7.09. The minimum atomic E-state index is -0.139. The van der Waals surface area contributed by atoms with E-state index < -0.39 is 0 Å². The summed E-state index contributed by atoms with van der Waals surface area (Å²) < 4.78 is 1.68. The van der Waals surface area contributed by atoms with Crippen LogP contribution in [0.4, 0.5) is 0 Å². The molecule has 5 nitrogen and oxygen atoms in total. The van der Waals surface area contributed by atoms with Crippen LogP contribution in [0.3, 0.4) is 0 Å². The number of rotatable bonds is 6. The molecule has 0 spiro atoms. The molecule has 7 heteroatoms. The number of carbonyl (C=O) groups excluding carboxylic acids is 1. The number of aromatic nitrogens is 3. The van der Waals surface area contributed by atoms with Gasteiger partial charge in [-0.1, -0.05) is 6.92 Å². The van der Waals surface area contributed by atoms with Crippen LogP contribution in [0.2, 0.25) is 0 Å². The number of aryl methyl sites for hydroxylation is 3. The first-order valence-corrected chi connectivity index (χ1v) is 10.1. The number of nitrogens with one attached hydrogen (secondary N) is 1. The lowest BCUT2D eigenvalue weighted by Gasteiger charge is -2.16. The average molecular weight is 375 g/mol. The zero-order chi connectivity index (χ0) is 18.0. The van der Waals surface area contributed by atoms with E-state index in [0.29, 0.717) is 5.69 Å². The van der Waals surface area contributed by atoms with Gasteiger partial charge in [-0.3, -0.25) is 9.48 Å². The molecule has 132 valence electrons. The minimum absolute atomic E-state index is 0.0970. The maximum Gasteiger partial charge on any atom is 0.270 e. The molecule has 0 aliphatic carbocycles. The highest BCUT2D eigenvalue weighted by Gasteiger charge is 2.23. The Morgan fingerprint density at radius 2 is 2.16 bits per heavy atom. The van der Waals surface area contributed by atoms with Gasteiger partial charge in [0.2, 0.25) is 0 Å². The Labute approximate surface area is 155 Å². The minimum Gasteiger partial charge on any atom is -0.341 e. The lowest BCUT2D eigenvalue weighted by atomic mass is 10.1. The van der Waals surface area contributed by atoms with Crippen molar-refractivity contribution < 1.29 is 4.79 Å². The quantitative estimate of drug-likeness (QED) is 0.713. The van der Waals surface area contributed by atoms with Gasteiger partial charge >= 0.3 is 0 Å². The van der Waals surface area contributed by atoms with Crippen LogP contribution < -0.4 is 5.32 Å². The molecule has 0 aliphatic heterocycles. The zero-order valence-electron chi connectivity index (χ0n) is 14.9. The van der Waals surface area contributed by atoms with Crippen LogP contribution in [-0.2, 0) is 19.9 Å². The van der Waals surface area contributed by atoms with Gasteiger partial charge in [-0.2, -0.15) is 16.4 Å². The maximum absolute atomic E-state index is 12.9. The number of hydrogen-bond donors (Lipinski definition) is 1. The fraction of sp³-hybridized carbons (Fsp3) is 0.389. The summed E-state index contributed by atoms with van der Waals surface area (Å²) in [5.74, 6) is -0.0970. The summed E-state index contributed by atoms with van der Waals surface area (Å²) in [6, 6.07) is 1.95. The Balaban J connectivity index is 1.87. The summed E-state index contributed by atoms with van der Waals surface area (Å²) in [4.78, 5) is 17.5. The maximum atomic E-state index is 12.9. The molecule has 3 aromatic rings. The van der Waals surface area contributed by atoms with Crippen molar-refractivity contribution in [2.75, 3.05) is 0 Å². The zero-order valence-corrected chi connectivity index (χ0v) is 16.5. The van der Waals surface area contributed by atoms with Gasteiger partial charge in [0.05, 0.1) is 11.7 Å². The summed E-state index contributed by atoms with van der Waals surface area (Å²) in [6.45, 7) is 5.99. The number of carbonyl (C=O) groups is 1. The molecule has 0 aromatic carbocycles. The highest BCUT2D eigenvalue weighted by Crippen LogP contribution is 2.24. The van der Waals surface area contributed by atoms with Crippen molar-refractivity contribution in [1.82, 2.24) is 20.1 Å². The molecule has 0 saturated carbocycles. The van der Waals surface area contributed by atoms with Crippen LogP contribution in [0.25, 0.3) is 0 Å². The predicted molar refractivity (Wildman–Crippen MR) is 102 cm³/mol. The molecule has 3 rings (SSSR count). The number of nitrogens with zero attached hydrogens (tertiary/aromatic N) is 3. The second-order valence-electron chi connectivity index (χ2n) is 6.09. The van der Waals surface area contributed by atoms with Crippen molar-refractivity contribution in [3.05, 3.63) is 55.4 Å². The van der Waals surface area contributed by atoms with Crippen molar-refractivity contribution in [3.8, 4) is 0 Å². The van der Waals surface area contributed by atoms with Crippen molar-refractivity contribution in [1.29, 1.82) is 0 Å². The molecule has 25 heavy (non-hydrogen) atoms. The Bertz CT molecular complexity index is 864. The highest BCUT2D eigenvalue weighted by atomic mass is 32.1. The summed E-state index contributed by atoms with van der Waals surface area (Å²) >= 11 is 3.25. The van der Waals surface area contributed by atoms with Crippen LogP contribution in [0.5, 0.6) is 0 Å². The van der Waals surface area contributed by atoms with Crippen molar-refractivity contribution >= 4 is 28.6 Å². The van der Waals surface area contributed by atoms with Gasteiger partial charge in [0.25, 0.3) is 5.91 Å². The predicted octanol–water partition coefficient (Wildman–Crippen LogP) is 3.83. The van der Waals surface area contributed by atoms with Gasteiger partial charge < -0.3 is 5.32 Å². The standard InChI is InChI=1S/C18H22N4OS2/c1-5-14-12(3)16(22(4)21-14)17(23)20-15(8-13-6-7-24-10-13)18-19-11(2)9-25-18/h6-7,9-10,15H,5,8H2,1-4H3,(H,20,23). The van der Waals surface area contributed by atoms with Gasteiger partial charge in [0.15, 0.2) is 0 Å². The molecule has 0 fully saturated rings. The van der Waals surface area contributed by atoms with E-state index in [2.05, 4.69) is 39.1 Å². The van der Waals surface area contributed by atoms with Crippen LogP contribution in [0.1, 0.15) is 51.0 Å². The number of thiazole rings is 1. The molecule has 1 unspecified atom stereocenters. The van der Waals surface area contributed by atoms with E-state index >= 15 is 0 Å². The Morgan fingerprint density at radius 3 is 2.72 bits per heavy atom. The summed E-state index contributed by atoms with van der Waals surface area (Å²) in [6.07, 6.45) is 1.55. The van der Waals surface area contributed by atoms with Gasteiger partial charge in [-0.25, -0.2) is 4.98 Å².